The molecule has 29 heavy (non-hydrogen) atoms. The fraction of sp³-hybridized carbons (Fsp3) is 0.375. The second-order valence-electron chi connectivity index (χ2n) is 8.12. The average molecular weight is 410 g/mol. The number of aromatic amines is 1. The highest BCUT2D eigenvalue weighted by Crippen LogP contribution is 2.22. The van der Waals surface area contributed by atoms with E-state index in [1.54, 1.807) is 0 Å². The summed E-state index contributed by atoms with van der Waals surface area (Å²) in [7, 11) is 1.93. The molecule has 0 saturated carbocycles. The van der Waals surface area contributed by atoms with Gasteiger partial charge >= 0.3 is 0 Å². The lowest BCUT2D eigenvalue weighted by atomic mass is 9.96. The van der Waals surface area contributed by atoms with Crippen LogP contribution in [0.15, 0.2) is 54.7 Å². The minimum atomic E-state index is 0.0979. The van der Waals surface area contributed by atoms with Gasteiger partial charge in [-0.25, -0.2) is 0 Å². The lowest BCUT2D eigenvalue weighted by Gasteiger charge is -2.34. The molecular formula is C24H28ClN3O. The monoisotopic (exact) mass is 409 g/mol. The van der Waals surface area contributed by atoms with Crippen LogP contribution in [0.25, 0.3) is 10.9 Å². The topological polar surface area (TPSA) is 39.3 Å². The van der Waals surface area contributed by atoms with Crippen molar-refractivity contribution in [3.8, 4) is 0 Å². The quantitative estimate of drug-likeness (QED) is 0.632. The number of nitrogens with one attached hydrogen (secondary N) is 1. The van der Waals surface area contributed by atoms with Crippen LogP contribution in [-0.4, -0.2) is 53.9 Å². The van der Waals surface area contributed by atoms with Gasteiger partial charge in [-0.05, 0) is 55.5 Å². The first kappa shape index (κ1) is 20.0. The second kappa shape index (κ2) is 9.02. The van der Waals surface area contributed by atoms with Crippen LogP contribution in [0.4, 0.5) is 0 Å². The largest absolute Gasteiger partial charge is 0.360 e. The zero-order valence-corrected chi connectivity index (χ0v) is 17.7. The van der Waals surface area contributed by atoms with E-state index in [1.807, 2.05) is 54.5 Å². The molecule has 1 atom stereocenters. The van der Waals surface area contributed by atoms with Crippen LogP contribution in [0.5, 0.6) is 0 Å². The van der Waals surface area contributed by atoms with Gasteiger partial charge in [-0.2, -0.15) is 0 Å². The highest BCUT2D eigenvalue weighted by atomic mass is 35.5. The summed E-state index contributed by atoms with van der Waals surface area (Å²) in [5.41, 5.74) is 3.09. The van der Waals surface area contributed by atoms with E-state index in [0.717, 1.165) is 54.1 Å². The predicted molar refractivity (Wildman–Crippen MR) is 120 cm³/mol. The molecule has 2 aromatic carbocycles. The normalized spacial score (nSPS) is 17.5. The van der Waals surface area contributed by atoms with Gasteiger partial charge in [0, 0.05) is 48.8 Å². The molecule has 2 heterocycles. The molecular weight excluding hydrogens is 382 g/mol. The number of carbonyl (C=O) groups excluding carboxylic acids is 1. The lowest BCUT2D eigenvalue weighted by Crippen LogP contribution is -2.42. The number of carbonyl (C=O) groups is 1. The van der Waals surface area contributed by atoms with E-state index in [2.05, 4.69) is 22.0 Å². The SMILES string of the molecule is CN(C[C@@H]1CCCN(CCc2ccc(Cl)cc2)C1)C(=O)c1c[nH]c2ccccc12. The van der Waals surface area contributed by atoms with Crippen LogP contribution in [0, 0.1) is 5.92 Å². The minimum Gasteiger partial charge on any atom is -0.360 e. The minimum absolute atomic E-state index is 0.0979. The number of benzene rings is 2. The van der Waals surface area contributed by atoms with Crippen LogP contribution in [0.2, 0.25) is 5.02 Å². The Bertz CT molecular complexity index is 966. The molecule has 4 nitrogen and oxygen atoms in total. The number of likely N-dealkylation sites (tertiary alicyclic amines) is 1. The van der Waals surface area contributed by atoms with Crippen molar-refractivity contribution >= 4 is 28.4 Å². The summed E-state index contributed by atoms with van der Waals surface area (Å²) in [6.07, 6.45) is 5.25. The maximum absolute atomic E-state index is 13.0. The molecule has 152 valence electrons. The molecule has 1 N–H and O–H groups in total. The van der Waals surface area contributed by atoms with Crippen molar-refractivity contribution in [2.75, 3.05) is 33.2 Å². The summed E-state index contributed by atoms with van der Waals surface area (Å²) < 4.78 is 0. The Morgan fingerprint density at radius 3 is 2.83 bits per heavy atom. The third-order valence-electron chi connectivity index (χ3n) is 5.93. The van der Waals surface area contributed by atoms with Crippen molar-refractivity contribution in [2.24, 2.45) is 5.92 Å². The average Bonchev–Trinajstić information content (AvgIpc) is 3.17. The Morgan fingerprint density at radius 2 is 2.00 bits per heavy atom. The van der Waals surface area contributed by atoms with E-state index in [9.17, 15) is 4.79 Å². The molecule has 0 aliphatic carbocycles. The number of H-pyrrole nitrogens is 1. The molecule has 1 aromatic heterocycles. The van der Waals surface area contributed by atoms with Crippen molar-refractivity contribution in [1.29, 1.82) is 0 Å². The summed E-state index contributed by atoms with van der Waals surface area (Å²) in [5, 5.41) is 1.78. The molecule has 1 aliphatic rings. The van der Waals surface area contributed by atoms with Gasteiger partial charge in [-0.1, -0.05) is 41.9 Å². The van der Waals surface area contributed by atoms with Gasteiger partial charge in [-0.15, -0.1) is 0 Å². The molecule has 0 radical (unpaired) electrons. The molecule has 4 rings (SSSR count). The summed E-state index contributed by atoms with van der Waals surface area (Å²) in [6.45, 7) is 4.05. The first-order chi connectivity index (χ1) is 14.1. The Labute approximate surface area is 177 Å². The van der Waals surface area contributed by atoms with Crippen LogP contribution >= 0.6 is 11.6 Å². The molecule has 1 aliphatic heterocycles. The Hall–Kier alpha value is -2.30. The summed E-state index contributed by atoms with van der Waals surface area (Å²) in [4.78, 5) is 20.6. The number of aromatic nitrogens is 1. The van der Waals surface area contributed by atoms with E-state index in [-0.39, 0.29) is 5.91 Å². The third kappa shape index (κ3) is 4.82. The molecule has 3 aromatic rings. The van der Waals surface area contributed by atoms with Gasteiger partial charge in [-0.3, -0.25) is 4.79 Å². The fourth-order valence-electron chi connectivity index (χ4n) is 4.37. The first-order valence-corrected chi connectivity index (χ1v) is 10.8. The third-order valence-corrected chi connectivity index (χ3v) is 6.18. The summed E-state index contributed by atoms with van der Waals surface area (Å²) in [6, 6.07) is 16.1. The van der Waals surface area contributed by atoms with E-state index >= 15 is 0 Å². The standard InChI is InChI=1S/C24H28ClN3O/c1-27(24(29)22-15-26-23-7-3-2-6-21(22)23)16-19-5-4-13-28(17-19)14-12-18-8-10-20(25)11-9-18/h2-3,6-11,15,19,26H,4-5,12-14,16-17H2,1H3/t19-/m0/s1. The molecule has 1 amide bonds. The van der Waals surface area contributed by atoms with Gasteiger partial charge in [0.2, 0.25) is 0 Å². The van der Waals surface area contributed by atoms with Crippen molar-refractivity contribution in [3.05, 3.63) is 70.9 Å². The number of hydrogen-bond acceptors (Lipinski definition) is 2. The van der Waals surface area contributed by atoms with Crippen LogP contribution < -0.4 is 0 Å². The number of para-hydroxylation sites is 1. The Morgan fingerprint density at radius 1 is 1.21 bits per heavy atom. The van der Waals surface area contributed by atoms with Gasteiger partial charge in [0.25, 0.3) is 5.91 Å². The Balaban J connectivity index is 1.32. The van der Waals surface area contributed by atoms with Crippen molar-refractivity contribution in [1.82, 2.24) is 14.8 Å². The van der Waals surface area contributed by atoms with Gasteiger partial charge in [0.1, 0.15) is 0 Å². The van der Waals surface area contributed by atoms with E-state index < -0.39 is 0 Å². The molecule has 0 unspecified atom stereocenters. The van der Waals surface area contributed by atoms with Crippen molar-refractivity contribution in [3.63, 3.8) is 0 Å². The molecule has 1 saturated heterocycles. The molecule has 0 bridgehead atoms. The number of piperidine rings is 1. The van der Waals surface area contributed by atoms with E-state index in [1.165, 1.54) is 18.4 Å². The van der Waals surface area contributed by atoms with Gasteiger partial charge < -0.3 is 14.8 Å². The second-order valence-corrected chi connectivity index (χ2v) is 8.56. The van der Waals surface area contributed by atoms with Crippen LogP contribution in [0.1, 0.15) is 28.8 Å². The number of nitrogens with zero attached hydrogens (tertiary/aromatic N) is 2. The number of amides is 1. The number of hydrogen-bond donors (Lipinski definition) is 1. The smallest absolute Gasteiger partial charge is 0.255 e. The maximum Gasteiger partial charge on any atom is 0.255 e. The molecule has 1 fully saturated rings. The zero-order chi connectivity index (χ0) is 20.2. The lowest BCUT2D eigenvalue weighted by molar-refractivity contribution is 0.0732. The van der Waals surface area contributed by atoms with Crippen molar-refractivity contribution < 1.29 is 4.79 Å². The highest BCUT2D eigenvalue weighted by Gasteiger charge is 2.24. The van der Waals surface area contributed by atoms with Crippen molar-refractivity contribution in [2.45, 2.75) is 19.3 Å². The molecule has 5 heteroatoms. The number of rotatable bonds is 6. The summed E-state index contributed by atoms with van der Waals surface area (Å²) in [5.74, 6) is 0.619. The maximum atomic E-state index is 13.0. The summed E-state index contributed by atoms with van der Waals surface area (Å²) >= 11 is 5.98. The predicted octanol–water partition coefficient (Wildman–Crippen LogP) is 4.85. The fourth-order valence-corrected chi connectivity index (χ4v) is 4.49. The van der Waals surface area contributed by atoms with Gasteiger partial charge in [0.15, 0.2) is 0 Å². The first-order valence-electron chi connectivity index (χ1n) is 10.4. The van der Waals surface area contributed by atoms with Crippen LogP contribution in [0.3, 0.4) is 0 Å². The molecule has 0 spiro atoms. The van der Waals surface area contributed by atoms with Gasteiger partial charge in [0.05, 0.1) is 5.56 Å². The number of fused-ring (bicyclic) bond motifs is 1. The zero-order valence-electron chi connectivity index (χ0n) is 16.9. The Kier molecular flexibility index (Phi) is 6.22. The van der Waals surface area contributed by atoms with Crippen LogP contribution in [-0.2, 0) is 6.42 Å². The highest BCUT2D eigenvalue weighted by molar-refractivity contribution is 6.30. The van der Waals surface area contributed by atoms with E-state index in [0.29, 0.717) is 5.92 Å². The van der Waals surface area contributed by atoms with E-state index in [4.69, 9.17) is 11.6 Å². The number of halogens is 1.